The summed E-state index contributed by atoms with van der Waals surface area (Å²) < 4.78 is 0. The summed E-state index contributed by atoms with van der Waals surface area (Å²) in [5.41, 5.74) is 3.09. The molecule has 1 atom stereocenters. The van der Waals surface area contributed by atoms with Crippen LogP contribution in [0.5, 0.6) is 0 Å². The van der Waals surface area contributed by atoms with Crippen LogP contribution in [0.15, 0.2) is 54.6 Å². The third-order valence-corrected chi connectivity index (χ3v) is 3.27. The topological polar surface area (TPSA) is 27.0 Å². The predicted octanol–water partition coefficient (Wildman–Crippen LogP) is 3.76. The van der Waals surface area contributed by atoms with Crippen LogP contribution in [0, 0.1) is 11.3 Å². The standard InChI is InChI=1S/C16H16N2/c1-13(15-6-4-3-5-7-15)18(2)16-10-8-14(12-17)9-11-16/h3-11,13H,1-2H3. The Balaban J connectivity index is 2.20. The van der Waals surface area contributed by atoms with Crippen LogP contribution in [0.3, 0.4) is 0 Å². The monoisotopic (exact) mass is 236 g/mol. The summed E-state index contributed by atoms with van der Waals surface area (Å²) in [6.07, 6.45) is 0. The van der Waals surface area contributed by atoms with Gasteiger partial charge in [0.2, 0.25) is 0 Å². The van der Waals surface area contributed by atoms with Crippen molar-refractivity contribution in [1.82, 2.24) is 0 Å². The SMILES string of the molecule is CC(c1ccccc1)N(C)c1ccc(C#N)cc1. The molecule has 0 saturated carbocycles. The minimum atomic E-state index is 0.305. The summed E-state index contributed by atoms with van der Waals surface area (Å²) in [6.45, 7) is 2.17. The van der Waals surface area contributed by atoms with E-state index in [4.69, 9.17) is 5.26 Å². The maximum atomic E-state index is 8.79. The highest BCUT2D eigenvalue weighted by atomic mass is 15.1. The Morgan fingerprint density at radius 3 is 2.17 bits per heavy atom. The quantitative estimate of drug-likeness (QED) is 0.811. The Bertz CT molecular complexity index is 538. The van der Waals surface area contributed by atoms with E-state index in [0.717, 1.165) is 5.69 Å². The molecule has 0 radical (unpaired) electrons. The van der Waals surface area contributed by atoms with Crippen molar-refractivity contribution >= 4 is 5.69 Å². The zero-order valence-corrected chi connectivity index (χ0v) is 10.7. The molecule has 2 aromatic carbocycles. The van der Waals surface area contributed by atoms with Gasteiger partial charge in [-0.15, -0.1) is 0 Å². The first-order valence-electron chi connectivity index (χ1n) is 6.00. The fourth-order valence-corrected chi connectivity index (χ4v) is 1.95. The zero-order valence-electron chi connectivity index (χ0n) is 10.7. The van der Waals surface area contributed by atoms with Crippen molar-refractivity contribution in [2.24, 2.45) is 0 Å². The largest absolute Gasteiger partial charge is 0.368 e. The van der Waals surface area contributed by atoms with E-state index in [1.807, 2.05) is 30.3 Å². The van der Waals surface area contributed by atoms with Crippen molar-refractivity contribution in [3.8, 4) is 6.07 Å². The Kier molecular flexibility index (Phi) is 3.64. The van der Waals surface area contributed by atoms with E-state index >= 15 is 0 Å². The molecular formula is C16H16N2. The molecule has 2 aromatic rings. The van der Waals surface area contributed by atoms with Crippen molar-refractivity contribution < 1.29 is 0 Å². The van der Waals surface area contributed by atoms with Gasteiger partial charge in [0, 0.05) is 12.7 Å². The molecule has 2 heteroatoms. The van der Waals surface area contributed by atoms with E-state index in [2.05, 4.69) is 49.2 Å². The lowest BCUT2D eigenvalue weighted by Crippen LogP contribution is -2.21. The molecule has 0 saturated heterocycles. The van der Waals surface area contributed by atoms with Crippen molar-refractivity contribution in [3.05, 3.63) is 65.7 Å². The number of benzene rings is 2. The molecule has 0 aromatic heterocycles. The molecule has 0 fully saturated rings. The Morgan fingerprint density at radius 2 is 1.61 bits per heavy atom. The highest BCUT2D eigenvalue weighted by Crippen LogP contribution is 2.25. The summed E-state index contributed by atoms with van der Waals surface area (Å²) in [6, 6.07) is 20.5. The van der Waals surface area contributed by atoms with Gasteiger partial charge in [-0.2, -0.15) is 5.26 Å². The van der Waals surface area contributed by atoms with Gasteiger partial charge < -0.3 is 4.90 Å². The van der Waals surface area contributed by atoms with E-state index in [9.17, 15) is 0 Å². The van der Waals surface area contributed by atoms with Crippen molar-refractivity contribution in [3.63, 3.8) is 0 Å². The zero-order chi connectivity index (χ0) is 13.0. The maximum Gasteiger partial charge on any atom is 0.0991 e. The summed E-state index contributed by atoms with van der Waals surface area (Å²) in [5, 5.41) is 8.79. The molecule has 90 valence electrons. The summed E-state index contributed by atoms with van der Waals surface area (Å²) in [4.78, 5) is 2.20. The molecule has 0 heterocycles. The normalized spacial score (nSPS) is 11.6. The van der Waals surface area contributed by atoms with Crippen LogP contribution in [-0.4, -0.2) is 7.05 Å². The van der Waals surface area contributed by atoms with E-state index in [-0.39, 0.29) is 0 Å². The molecule has 0 aliphatic heterocycles. The fourth-order valence-electron chi connectivity index (χ4n) is 1.95. The molecule has 0 amide bonds. The molecular weight excluding hydrogens is 220 g/mol. The number of hydrogen-bond acceptors (Lipinski definition) is 2. The van der Waals surface area contributed by atoms with Crippen LogP contribution < -0.4 is 4.90 Å². The molecule has 0 aliphatic rings. The summed E-state index contributed by atoms with van der Waals surface area (Å²) in [7, 11) is 2.07. The van der Waals surface area contributed by atoms with Gasteiger partial charge in [0.1, 0.15) is 0 Å². The lowest BCUT2D eigenvalue weighted by atomic mass is 10.1. The Morgan fingerprint density at radius 1 is 1.00 bits per heavy atom. The van der Waals surface area contributed by atoms with Crippen LogP contribution in [0.2, 0.25) is 0 Å². The van der Waals surface area contributed by atoms with Gasteiger partial charge >= 0.3 is 0 Å². The molecule has 0 spiro atoms. The van der Waals surface area contributed by atoms with Crippen LogP contribution in [0.4, 0.5) is 5.69 Å². The molecule has 1 unspecified atom stereocenters. The molecule has 0 bridgehead atoms. The first kappa shape index (κ1) is 12.2. The fraction of sp³-hybridized carbons (Fsp3) is 0.188. The van der Waals surface area contributed by atoms with Crippen LogP contribution >= 0.6 is 0 Å². The smallest absolute Gasteiger partial charge is 0.0991 e. The van der Waals surface area contributed by atoms with Crippen molar-refractivity contribution in [1.29, 1.82) is 5.26 Å². The summed E-state index contributed by atoms with van der Waals surface area (Å²) >= 11 is 0. The second-order valence-corrected chi connectivity index (χ2v) is 4.36. The average Bonchev–Trinajstić information content (AvgIpc) is 2.47. The highest BCUT2D eigenvalue weighted by molar-refractivity contribution is 5.50. The lowest BCUT2D eigenvalue weighted by molar-refractivity contribution is 0.740. The minimum absolute atomic E-state index is 0.305. The first-order valence-corrected chi connectivity index (χ1v) is 6.00. The number of nitriles is 1. The van der Waals surface area contributed by atoms with E-state index in [1.165, 1.54) is 5.56 Å². The number of nitrogens with zero attached hydrogens (tertiary/aromatic N) is 2. The summed E-state index contributed by atoms with van der Waals surface area (Å²) in [5.74, 6) is 0. The third-order valence-electron chi connectivity index (χ3n) is 3.27. The lowest BCUT2D eigenvalue weighted by Gasteiger charge is -2.27. The number of anilines is 1. The van der Waals surface area contributed by atoms with Crippen molar-refractivity contribution in [2.75, 3.05) is 11.9 Å². The van der Waals surface area contributed by atoms with Gasteiger partial charge in [-0.1, -0.05) is 30.3 Å². The van der Waals surface area contributed by atoms with E-state index < -0.39 is 0 Å². The Labute approximate surface area is 108 Å². The second-order valence-electron chi connectivity index (χ2n) is 4.36. The van der Waals surface area contributed by atoms with Crippen LogP contribution in [0.25, 0.3) is 0 Å². The Hall–Kier alpha value is -2.27. The van der Waals surface area contributed by atoms with Crippen LogP contribution in [0.1, 0.15) is 24.1 Å². The molecule has 2 rings (SSSR count). The second kappa shape index (κ2) is 5.37. The molecule has 2 nitrogen and oxygen atoms in total. The van der Waals surface area contributed by atoms with Gasteiger partial charge in [0.25, 0.3) is 0 Å². The molecule has 18 heavy (non-hydrogen) atoms. The third kappa shape index (κ3) is 2.52. The van der Waals surface area contributed by atoms with Crippen molar-refractivity contribution in [2.45, 2.75) is 13.0 Å². The molecule has 0 N–H and O–H groups in total. The molecule has 0 aliphatic carbocycles. The number of hydrogen-bond donors (Lipinski definition) is 0. The predicted molar refractivity (Wildman–Crippen MR) is 74.4 cm³/mol. The average molecular weight is 236 g/mol. The van der Waals surface area contributed by atoms with Crippen LogP contribution in [-0.2, 0) is 0 Å². The number of rotatable bonds is 3. The minimum Gasteiger partial charge on any atom is -0.368 e. The van der Waals surface area contributed by atoms with E-state index in [1.54, 1.807) is 0 Å². The van der Waals surface area contributed by atoms with Gasteiger partial charge in [-0.05, 0) is 36.8 Å². The van der Waals surface area contributed by atoms with Gasteiger partial charge in [-0.25, -0.2) is 0 Å². The van der Waals surface area contributed by atoms with E-state index in [0.29, 0.717) is 11.6 Å². The van der Waals surface area contributed by atoms with Gasteiger partial charge in [0.05, 0.1) is 17.7 Å². The highest BCUT2D eigenvalue weighted by Gasteiger charge is 2.11. The van der Waals surface area contributed by atoms with Gasteiger partial charge in [0.15, 0.2) is 0 Å². The maximum absolute atomic E-state index is 8.79. The van der Waals surface area contributed by atoms with Gasteiger partial charge in [-0.3, -0.25) is 0 Å². The first-order chi connectivity index (χ1) is 8.72.